The van der Waals surface area contributed by atoms with Crippen molar-refractivity contribution in [2.24, 2.45) is 16.0 Å². The van der Waals surface area contributed by atoms with Crippen LogP contribution in [0.1, 0.15) is 0 Å². The summed E-state index contributed by atoms with van der Waals surface area (Å²) in [5.74, 6) is 0.247. The maximum absolute atomic E-state index is 9.88. The molecule has 1 aromatic heterocycles. The highest BCUT2D eigenvalue weighted by molar-refractivity contribution is 9.10. The average molecular weight is 299 g/mol. The molecule has 4 N–H and O–H groups in total. The van der Waals surface area contributed by atoms with Crippen LogP contribution in [-0.2, 0) is 0 Å². The largest absolute Gasteiger partial charge is 0.504 e. The number of hydrogen-bond donors (Lipinski definition) is 3. The molecule has 0 spiro atoms. The lowest BCUT2D eigenvalue weighted by molar-refractivity contribution is 0.482. The number of rotatable bonds is 1. The minimum absolute atomic E-state index is 0.0162. The fourth-order valence-corrected chi connectivity index (χ4v) is 1.94. The normalized spacial score (nSPS) is 11.3. The van der Waals surface area contributed by atoms with Gasteiger partial charge in [0.25, 0.3) is 0 Å². The maximum Gasteiger partial charge on any atom is 0.211 e. The van der Waals surface area contributed by atoms with Gasteiger partial charge in [-0.25, -0.2) is 0 Å². The van der Waals surface area contributed by atoms with Crippen molar-refractivity contribution in [1.29, 1.82) is 0 Å². The molecule has 0 saturated carbocycles. The molecule has 0 aliphatic heterocycles. The second-order valence-corrected chi connectivity index (χ2v) is 4.30. The summed E-state index contributed by atoms with van der Waals surface area (Å²) in [5.41, 5.74) is 5.93. The smallest absolute Gasteiger partial charge is 0.211 e. The van der Waals surface area contributed by atoms with Crippen molar-refractivity contribution >= 4 is 50.0 Å². The Labute approximate surface area is 104 Å². The van der Waals surface area contributed by atoms with Crippen LogP contribution in [0.5, 0.6) is 5.75 Å². The van der Waals surface area contributed by atoms with E-state index in [0.29, 0.717) is 5.39 Å². The predicted molar refractivity (Wildman–Crippen MR) is 69.0 cm³/mol. The van der Waals surface area contributed by atoms with Crippen LogP contribution < -0.4 is 5.73 Å². The lowest BCUT2D eigenvalue weighted by atomic mass is 10.2. The van der Waals surface area contributed by atoms with Crippen molar-refractivity contribution in [3.63, 3.8) is 0 Å². The second-order valence-electron chi connectivity index (χ2n) is 3.02. The summed E-state index contributed by atoms with van der Waals surface area (Å²) in [6, 6.07) is 5.49. The Hall–Kier alpha value is -1.47. The number of nitrogens with one attached hydrogen (secondary N) is 1. The molecule has 0 atom stereocenters. The van der Waals surface area contributed by atoms with Gasteiger partial charge >= 0.3 is 0 Å². The number of nitrogens with zero attached hydrogens (tertiary/aromatic N) is 2. The van der Waals surface area contributed by atoms with Gasteiger partial charge in [0.05, 0.1) is 10.9 Å². The number of aromatic amines is 1. The van der Waals surface area contributed by atoms with E-state index in [0.717, 1.165) is 9.99 Å². The van der Waals surface area contributed by atoms with Gasteiger partial charge < -0.3 is 15.8 Å². The minimum Gasteiger partial charge on any atom is -0.504 e. The van der Waals surface area contributed by atoms with E-state index >= 15 is 0 Å². The monoisotopic (exact) mass is 298 g/mol. The lowest BCUT2D eigenvalue weighted by Crippen LogP contribution is -2.01. The van der Waals surface area contributed by atoms with Gasteiger partial charge in [0, 0.05) is 4.47 Å². The molecule has 2 rings (SSSR count). The highest BCUT2D eigenvalue weighted by Gasteiger charge is 2.12. The molecule has 82 valence electrons. The summed E-state index contributed by atoms with van der Waals surface area (Å²) in [4.78, 5) is 2.90. The third-order valence-electron chi connectivity index (χ3n) is 1.98. The van der Waals surface area contributed by atoms with Gasteiger partial charge in [-0.15, -0.1) is 10.2 Å². The number of aromatic hydroxyl groups is 1. The molecule has 2 aromatic rings. The second kappa shape index (κ2) is 4.18. The summed E-state index contributed by atoms with van der Waals surface area (Å²) < 4.78 is 0.774. The average Bonchev–Trinajstić information content (AvgIpc) is 2.54. The number of aromatic nitrogens is 1. The summed E-state index contributed by atoms with van der Waals surface area (Å²) in [5, 5.41) is 17.7. The molecule has 5 nitrogen and oxygen atoms in total. The fraction of sp³-hybridized carbons (Fsp3) is 0. The van der Waals surface area contributed by atoms with Crippen molar-refractivity contribution in [2.75, 3.05) is 0 Å². The Bertz CT molecular complexity index is 592. The molecule has 0 amide bonds. The quantitative estimate of drug-likeness (QED) is 0.559. The Morgan fingerprint density at radius 3 is 2.88 bits per heavy atom. The number of nitrogens with two attached hydrogens (primary N) is 1. The molecule has 0 saturated heterocycles. The van der Waals surface area contributed by atoms with E-state index in [4.69, 9.17) is 5.73 Å². The third-order valence-corrected chi connectivity index (χ3v) is 2.72. The predicted octanol–water partition coefficient (Wildman–Crippen LogP) is 2.96. The van der Waals surface area contributed by atoms with Gasteiger partial charge in [-0.05, 0) is 40.3 Å². The van der Waals surface area contributed by atoms with Crippen LogP contribution in [0.25, 0.3) is 10.9 Å². The van der Waals surface area contributed by atoms with Crippen LogP contribution in [0.2, 0.25) is 0 Å². The summed E-state index contributed by atoms with van der Waals surface area (Å²) in [6.07, 6.45) is 0. The first-order valence-corrected chi connectivity index (χ1v) is 5.50. The van der Waals surface area contributed by atoms with E-state index in [2.05, 4.69) is 43.4 Å². The van der Waals surface area contributed by atoms with Gasteiger partial charge in [-0.2, -0.15) is 0 Å². The Balaban J connectivity index is 2.61. The van der Waals surface area contributed by atoms with E-state index in [9.17, 15) is 5.11 Å². The van der Waals surface area contributed by atoms with Crippen LogP contribution in [-0.4, -0.2) is 15.2 Å². The van der Waals surface area contributed by atoms with Crippen LogP contribution >= 0.6 is 28.1 Å². The zero-order valence-electron chi connectivity index (χ0n) is 7.94. The summed E-state index contributed by atoms with van der Waals surface area (Å²) in [6.45, 7) is 0. The molecular weight excluding hydrogens is 292 g/mol. The minimum atomic E-state index is -0.0860. The SMILES string of the molecule is NC(=S)/N=N/c1[nH]c2cccc(Br)c2c1O. The standard InChI is InChI=1S/C9H7BrN4OS/c10-4-2-1-3-5-6(4)7(15)8(12-5)13-14-9(11)16/h1-3,12,15H,(H2,11,16)/b14-13+. The number of fused-ring (bicyclic) bond motifs is 1. The van der Waals surface area contributed by atoms with Gasteiger partial charge in [0.1, 0.15) is 0 Å². The topological polar surface area (TPSA) is 86.8 Å². The highest BCUT2D eigenvalue weighted by atomic mass is 79.9. The zero-order chi connectivity index (χ0) is 11.7. The highest BCUT2D eigenvalue weighted by Crippen LogP contribution is 2.38. The number of azo groups is 1. The number of hydrogen-bond acceptors (Lipinski definition) is 3. The van der Waals surface area contributed by atoms with Gasteiger partial charge in [0.15, 0.2) is 11.6 Å². The molecule has 1 heterocycles. The first kappa shape index (κ1) is 11.0. The van der Waals surface area contributed by atoms with E-state index in [1.807, 2.05) is 18.2 Å². The molecule has 0 aliphatic carbocycles. The summed E-state index contributed by atoms with van der Waals surface area (Å²) >= 11 is 7.90. The van der Waals surface area contributed by atoms with Crippen molar-refractivity contribution in [3.8, 4) is 5.75 Å². The Morgan fingerprint density at radius 2 is 2.25 bits per heavy atom. The van der Waals surface area contributed by atoms with Crippen LogP contribution in [0.15, 0.2) is 32.9 Å². The molecule has 0 fully saturated rings. The zero-order valence-corrected chi connectivity index (χ0v) is 10.3. The van der Waals surface area contributed by atoms with Crippen molar-refractivity contribution in [3.05, 3.63) is 22.7 Å². The van der Waals surface area contributed by atoms with Gasteiger partial charge in [-0.1, -0.05) is 6.07 Å². The van der Waals surface area contributed by atoms with Crippen LogP contribution in [0.3, 0.4) is 0 Å². The van der Waals surface area contributed by atoms with Crippen molar-refractivity contribution in [1.82, 2.24) is 4.98 Å². The molecule has 7 heteroatoms. The van der Waals surface area contributed by atoms with E-state index < -0.39 is 0 Å². The number of H-pyrrole nitrogens is 1. The number of halogens is 1. The molecule has 0 aliphatic rings. The number of thiocarbonyl (C=S) groups is 1. The number of benzene rings is 1. The fourth-order valence-electron chi connectivity index (χ4n) is 1.35. The molecule has 0 bridgehead atoms. The molecule has 1 aromatic carbocycles. The first-order chi connectivity index (χ1) is 7.59. The van der Waals surface area contributed by atoms with E-state index in [1.165, 1.54) is 0 Å². The van der Waals surface area contributed by atoms with E-state index in [1.54, 1.807) is 0 Å². The maximum atomic E-state index is 9.88. The van der Waals surface area contributed by atoms with Crippen LogP contribution in [0, 0.1) is 0 Å². The third kappa shape index (κ3) is 1.91. The molecular formula is C9H7BrN4OS. The van der Waals surface area contributed by atoms with Crippen molar-refractivity contribution < 1.29 is 5.11 Å². The molecule has 0 unspecified atom stereocenters. The molecule has 16 heavy (non-hydrogen) atoms. The van der Waals surface area contributed by atoms with Crippen LogP contribution in [0.4, 0.5) is 5.82 Å². The lowest BCUT2D eigenvalue weighted by Gasteiger charge is -1.93. The van der Waals surface area contributed by atoms with Gasteiger partial charge in [-0.3, -0.25) is 0 Å². The molecule has 0 radical (unpaired) electrons. The van der Waals surface area contributed by atoms with Gasteiger partial charge in [0.2, 0.25) is 5.11 Å². The Kier molecular flexibility index (Phi) is 2.88. The first-order valence-electron chi connectivity index (χ1n) is 4.30. The summed E-state index contributed by atoms with van der Waals surface area (Å²) in [7, 11) is 0. The van der Waals surface area contributed by atoms with E-state index in [-0.39, 0.29) is 16.7 Å². The Morgan fingerprint density at radius 1 is 1.50 bits per heavy atom. The van der Waals surface area contributed by atoms with Crippen molar-refractivity contribution in [2.45, 2.75) is 0 Å².